The largest absolute Gasteiger partial charge is 0.464 e. The van der Waals surface area contributed by atoms with E-state index in [0.717, 1.165) is 29.7 Å². The summed E-state index contributed by atoms with van der Waals surface area (Å²) in [5, 5.41) is 6.17. The van der Waals surface area contributed by atoms with Gasteiger partial charge in [-0.2, -0.15) is 4.31 Å². The van der Waals surface area contributed by atoms with E-state index in [4.69, 9.17) is 4.42 Å². The zero-order valence-corrected chi connectivity index (χ0v) is 21.2. The number of hydrogen-bond acceptors (Lipinski definition) is 6. The van der Waals surface area contributed by atoms with Gasteiger partial charge in [-0.25, -0.2) is 13.4 Å². The van der Waals surface area contributed by atoms with Crippen molar-refractivity contribution in [3.05, 3.63) is 90.7 Å². The molecule has 37 heavy (non-hydrogen) atoms. The van der Waals surface area contributed by atoms with Gasteiger partial charge in [0.1, 0.15) is 5.76 Å². The molecule has 2 aromatic heterocycles. The lowest BCUT2D eigenvalue weighted by Gasteiger charge is -2.18. The highest BCUT2D eigenvalue weighted by Crippen LogP contribution is 2.26. The summed E-state index contributed by atoms with van der Waals surface area (Å²) >= 11 is 0. The minimum Gasteiger partial charge on any atom is -0.464 e. The molecule has 0 spiro atoms. The number of anilines is 1. The second-order valence-electron chi connectivity index (χ2n) is 8.94. The van der Waals surface area contributed by atoms with Crippen molar-refractivity contribution in [2.45, 2.75) is 30.8 Å². The number of nitrogens with zero attached hydrogens (tertiary/aromatic N) is 3. The maximum Gasteiger partial charge on any atom is 0.251 e. The minimum atomic E-state index is -3.70. The van der Waals surface area contributed by atoms with Crippen LogP contribution >= 0.6 is 0 Å². The maximum atomic E-state index is 13.3. The molecule has 2 N–H and O–H groups in total. The number of carbonyl (C=O) groups is 1. The number of rotatable bonds is 10. The van der Waals surface area contributed by atoms with E-state index < -0.39 is 10.0 Å². The predicted octanol–water partition coefficient (Wildman–Crippen LogP) is 3.97. The average Bonchev–Trinajstić information content (AvgIpc) is 3.71. The summed E-state index contributed by atoms with van der Waals surface area (Å²) in [4.78, 5) is 17.1. The van der Waals surface area contributed by atoms with Gasteiger partial charge in [0.25, 0.3) is 5.91 Å². The van der Waals surface area contributed by atoms with Crippen LogP contribution in [0.25, 0.3) is 11.3 Å². The van der Waals surface area contributed by atoms with Crippen LogP contribution in [0.4, 0.5) is 5.69 Å². The number of amides is 1. The molecule has 0 saturated carbocycles. The fourth-order valence-electron chi connectivity index (χ4n) is 4.31. The summed E-state index contributed by atoms with van der Waals surface area (Å²) in [6.45, 7) is 2.41. The molecule has 5 rings (SSSR count). The zero-order chi connectivity index (χ0) is 25.7. The molecule has 0 bridgehead atoms. The SMILES string of the molecule is O=C(NCCn1ccnc1)c1cc(NCc2ccc(-c3ccco3)cc2)cc(S(=O)(=O)N2CCCC2)c1. The number of benzene rings is 2. The molecule has 1 saturated heterocycles. The van der Waals surface area contributed by atoms with E-state index in [0.29, 0.717) is 44.0 Å². The van der Waals surface area contributed by atoms with E-state index >= 15 is 0 Å². The van der Waals surface area contributed by atoms with Crippen molar-refractivity contribution >= 4 is 21.6 Å². The van der Waals surface area contributed by atoms with Crippen molar-refractivity contribution in [2.75, 3.05) is 25.0 Å². The predicted molar refractivity (Wildman–Crippen MR) is 140 cm³/mol. The molecule has 1 aliphatic heterocycles. The molecule has 1 fully saturated rings. The van der Waals surface area contributed by atoms with Crippen LogP contribution in [0, 0.1) is 0 Å². The van der Waals surface area contributed by atoms with E-state index in [9.17, 15) is 13.2 Å². The van der Waals surface area contributed by atoms with Gasteiger partial charge in [0.2, 0.25) is 10.0 Å². The fourth-order valence-corrected chi connectivity index (χ4v) is 5.90. The molecular weight excluding hydrogens is 490 g/mol. The number of carbonyl (C=O) groups excluding carboxylic acids is 1. The third-order valence-corrected chi connectivity index (χ3v) is 8.22. The molecular formula is C27H29N5O4S. The molecule has 1 aliphatic rings. The molecule has 0 aliphatic carbocycles. The lowest BCUT2D eigenvalue weighted by molar-refractivity contribution is 0.0952. The lowest BCUT2D eigenvalue weighted by atomic mass is 10.1. The van der Waals surface area contributed by atoms with Crippen molar-refractivity contribution in [1.82, 2.24) is 19.2 Å². The molecule has 2 aromatic carbocycles. The first kappa shape index (κ1) is 24.8. The van der Waals surface area contributed by atoms with Crippen LogP contribution in [0.5, 0.6) is 0 Å². The summed E-state index contributed by atoms with van der Waals surface area (Å²) in [7, 11) is -3.70. The van der Waals surface area contributed by atoms with Gasteiger partial charge in [0, 0.05) is 61.9 Å². The third kappa shape index (κ3) is 5.92. The molecule has 9 nitrogen and oxygen atoms in total. The standard InChI is InChI=1S/C27H29N5O4S/c33-27(29-10-14-31-13-9-28-20-31)23-16-24(18-25(17-23)37(34,35)32-11-1-2-12-32)30-19-21-5-7-22(8-6-21)26-4-3-15-36-26/h3-9,13,15-18,20,30H,1-2,10-12,14,19H2,(H,29,33). The Hall–Kier alpha value is -3.89. The topological polar surface area (TPSA) is 109 Å². The Morgan fingerprint density at radius 3 is 2.57 bits per heavy atom. The van der Waals surface area contributed by atoms with Crippen molar-refractivity contribution in [3.8, 4) is 11.3 Å². The summed E-state index contributed by atoms with van der Waals surface area (Å²) in [6, 6.07) is 16.4. The molecule has 192 valence electrons. The van der Waals surface area contributed by atoms with Gasteiger partial charge >= 0.3 is 0 Å². The summed E-state index contributed by atoms with van der Waals surface area (Å²) in [6.07, 6.45) is 8.49. The molecule has 4 aromatic rings. The third-order valence-electron chi connectivity index (χ3n) is 6.34. The molecule has 3 heterocycles. The number of imidazole rings is 1. The van der Waals surface area contributed by atoms with Crippen molar-refractivity contribution in [1.29, 1.82) is 0 Å². The number of nitrogens with one attached hydrogen (secondary N) is 2. The summed E-state index contributed by atoms with van der Waals surface area (Å²) < 4.78 is 35.4. The Labute approximate surface area is 216 Å². The van der Waals surface area contributed by atoms with E-state index in [2.05, 4.69) is 15.6 Å². The van der Waals surface area contributed by atoms with Crippen molar-refractivity contribution < 1.29 is 17.6 Å². The Bertz CT molecular complexity index is 1430. The maximum absolute atomic E-state index is 13.3. The zero-order valence-electron chi connectivity index (χ0n) is 20.3. The Morgan fingerprint density at radius 1 is 1.05 bits per heavy atom. The average molecular weight is 520 g/mol. The molecule has 0 unspecified atom stereocenters. The van der Waals surface area contributed by atoms with Crippen LogP contribution in [0.1, 0.15) is 28.8 Å². The van der Waals surface area contributed by atoms with Crippen LogP contribution in [0.15, 0.2) is 88.9 Å². The minimum absolute atomic E-state index is 0.118. The van der Waals surface area contributed by atoms with Gasteiger partial charge in [-0.1, -0.05) is 24.3 Å². The normalized spacial score (nSPS) is 14.1. The second-order valence-corrected chi connectivity index (χ2v) is 10.9. The molecule has 0 atom stereocenters. The second kappa shape index (κ2) is 11.0. The van der Waals surface area contributed by atoms with Crippen LogP contribution < -0.4 is 10.6 Å². The van der Waals surface area contributed by atoms with Gasteiger partial charge in [0.05, 0.1) is 17.5 Å². The van der Waals surface area contributed by atoms with Crippen LogP contribution in [0.2, 0.25) is 0 Å². The van der Waals surface area contributed by atoms with E-state index in [-0.39, 0.29) is 10.8 Å². The van der Waals surface area contributed by atoms with E-state index in [1.54, 1.807) is 30.9 Å². The highest BCUT2D eigenvalue weighted by Gasteiger charge is 2.28. The number of aromatic nitrogens is 2. The highest BCUT2D eigenvalue weighted by molar-refractivity contribution is 7.89. The molecule has 0 radical (unpaired) electrons. The fraction of sp³-hybridized carbons (Fsp3) is 0.259. The highest BCUT2D eigenvalue weighted by atomic mass is 32.2. The first-order valence-corrected chi connectivity index (χ1v) is 13.7. The molecule has 10 heteroatoms. The van der Waals surface area contributed by atoms with Crippen molar-refractivity contribution in [2.24, 2.45) is 0 Å². The summed E-state index contributed by atoms with van der Waals surface area (Å²) in [5.41, 5.74) is 2.84. The van der Waals surface area contributed by atoms with Gasteiger partial charge in [-0.3, -0.25) is 4.79 Å². The number of sulfonamides is 1. The van der Waals surface area contributed by atoms with Gasteiger partial charge < -0.3 is 19.6 Å². The first-order valence-electron chi connectivity index (χ1n) is 12.2. The quantitative estimate of drug-likeness (QED) is 0.328. The van der Waals surface area contributed by atoms with Crippen LogP contribution in [-0.2, 0) is 23.1 Å². The lowest BCUT2D eigenvalue weighted by Crippen LogP contribution is -2.29. The monoisotopic (exact) mass is 519 g/mol. The molecule has 1 amide bonds. The van der Waals surface area contributed by atoms with Gasteiger partial charge in [0.15, 0.2) is 0 Å². The Balaban J connectivity index is 1.34. The van der Waals surface area contributed by atoms with Gasteiger partial charge in [-0.05, 0) is 48.7 Å². The Kier molecular flexibility index (Phi) is 7.38. The number of furan rings is 1. The number of hydrogen-bond donors (Lipinski definition) is 2. The van der Waals surface area contributed by atoms with Gasteiger partial charge in [-0.15, -0.1) is 0 Å². The van der Waals surface area contributed by atoms with E-state index in [1.807, 2.05) is 47.2 Å². The van der Waals surface area contributed by atoms with Crippen LogP contribution in [0.3, 0.4) is 0 Å². The van der Waals surface area contributed by atoms with E-state index in [1.165, 1.54) is 10.4 Å². The van der Waals surface area contributed by atoms with Crippen LogP contribution in [-0.4, -0.2) is 47.8 Å². The summed E-state index contributed by atoms with van der Waals surface area (Å²) in [5.74, 6) is 0.465. The first-order chi connectivity index (χ1) is 18.0. The Morgan fingerprint density at radius 2 is 1.86 bits per heavy atom. The smallest absolute Gasteiger partial charge is 0.251 e. The van der Waals surface area contributed by atoms with Crippen molar-refractivity contribution in [3.63, 3.8) is 0 Å².